The van der Waals surface area contributed by atoms with Gasteiger partial charge in [0.25, 0.3) is 0 Å². The van der Waals surface area contributed by atoms with Gasteiger partial charge < -0.3 is 5.73 Å². The normalized spacial score (nSPS) is 11.2. The van der Waals surface area contributed by atoms with Crippen LogP contribution in [0.2, 0.25) is 0 Å². The van der Waals surface area contributed by atoms with Gasteiger partial charge in [-0.25, -0.2) is 4.98 Å². The van der Waals surface area contributed by atoms with Crippen molar-refractivity contribution in [3.05, 3.63) is 16.9 Å². The minimum atomic E-state index is 0.454. The largest absolute Gasteiger partial charge is 0.384 e. The molecule has 0 fully saturated rings. The van der Waals surface area contributed by atoms with Gasteiger partial charge in [0.05, 0.1) is 27.3 Å². The average Bonchev–Trinajstić information content (AvgIpc) is 2.71. The first kappa shape index (κ1) is 10.2. The van der Waals surface area contributed by atoms with Crippen molar-refractivity contribution in [3.8, 4) is 10.4 Å². The lowest BCUT2D eigenvalue weighted by Crippen LogP contribution is -1.87. The van der Waals surface area contributed by atoms with Crippen LogP contribution >= 0.6 is 11.3 Å². The van der Waals surface area contributed by atoms with E-state index in [9.17, 15) is 0 Å². The van der Waals surface area contributed by atoms with Crippen LogP contribution in [0.4, 0.5) is 5.82 Å². The number of aryl methyl sites for hydroxylation is 1. The van der Waals surface area contributed by atoms with Crippen LogP contribution in [0, 0.1) is 6.92 Å². The summed E-state index contributed by atoms with van der Waals surface area (Å²) in [5, 5.41) is 7.80. The molecule has 0 amide bonds. The number of thiazole rings is 1. The molecule has 0 saturated heterocycles. The summed E-state index contributed by atoms with van der Waals surface area (Å²) in [4.78, 5) is 5.64. The molecule has 0 radical (unpaired) electrons. The third-order valence-corrected chi connectivity index (χ3v) is 3.71. The molecule has 2 heterocycles. The lowest BCUT2D eigenvalue weighted by Gasteiger charge is -1.95. The molecule has 2 aromatic heterocycles. The number of hydrogen-bond acceptors (Lipinski definition) is 4. The van der Waals surface area contributed by atoms with Crippen LogP contribution in [0.1, 0.15) is 30.5 Å². The summed E-state index contributed by atoms with van der Waals surface area (Å²) in [6.45, 7) is 6.28. The number of aromatic amines is 1. The Morgan fingerprint density at radius 2 is 2.20 bits per heavy atom. The average molecular weight is 222 g/mol. The fourth-order valence-electron chi connectivity index (χ4n) is 1.39. The predicted octanol–water partition coefficient (Wildman–Crippen LogP) is 2.55. The Balaban J connectivity index is 2.50. The fourth-order valence-corrected chi connectivity index (χ4v) is 2.48. The molecular weight excluding hydrogens is 208 g/mol. The van der Waals surface area contributed by atoms with Gasteiger partial charge in [-0.05, 0) is 6.92 Å². The molecule has 0 saturated carbocycles. The van der Waals surface area contributed by atoms with Crippen LogP contribution in [0.3, 0.4) is 0 Å². The van der Waals surface area contributed by atoms with E-state index in [1.807, 2.05) is 6.92 Å². The maximum Gasteiger partial charge on any atom is 0.127 e. The summed E-state index contributed by atoms with van der Waals surface area (Å²) in [5.41, 5.74) is 7.77. The van der Waals surface area contributed by atoms with Crippen molar-refractivity contribution in [2.24, 2.45) is 0 Å². The van der Waals surface area contributed by atoms with Crippen molar-refractivity contribution in [2.75, 3.05) is 5.73 Å². The summed E-state index contributed by atoms with van der Waals surface area (Å²) in [7, 11) is 0. The second kappa shape index (κ2) is 3.66. The van der Waals surface area contributed by atoms with Crippen LogP contribution < -0.4 is 5.73 Å². The number of nitrogen functional groups attached to an aromatic ring is 1. The highest BCUT2D eigenvalue weighted by molar-refractivity contribution is 7.15. The van der Waals surface area contributed by atoms with Gasteiger partial charge in [0.1, 0.15) is 5.82 Å². The van der Waals surface area contributed by atoms with Gasteiger partial charge in [-0.3, -0.25) is 5.10 Å². The van der Waals surface area contributed by atoms with Gasteiger partial charge in [0.2, 0.25) is 0 Å². The zero-order valence-electron chi connectivity index (χ0n) is 9.03. The second-order valence-corrected chi connectivity index (χ2v) is 4.85. The molecule has 0 bridgehead atoms. The van der Waals surface area contributed by atoms with Crippen LogP contribution in [-0.2, 0) is 0 Å². The molecule has 3 N–H and O–H groups in total. The molecule has 80 valence electrons. The molecule has 0 atom stereocenters. The molecular formula is C10H14N4S. The monoisotopic (exact) mass is 222 g/mol. The molecule has 0 aliphatic heterocycles. The van der Waals surface area contributed by atoms with Gasteiger partial charge >= 0.3 is 0 Å². The maximum absolute atomic E-state index is 5.79. The Morgan fingerprint density at radius 1 is 1.47 bits per heavy atom. The van der Waals surface area contributed by atoms with E-state index in [1.165, 1.54) is 0 Å². The molecule has 15 heavy (non-hydrogen) atoms. The Kier molecular flexibility index (Phi) is 2.48. The number of aromatic nitrogens is 3. The summed E-state index contributed by atoms with van der Waals surface area (Å²) in [6.07, 6.45) is 1.75. The summed E-state index contributed by atoms with van der Waals surface area (Å²) < 4.78 is 0. The zero-order valence-corrected chi connectivity index (χ0v) is 9.85. The first-order valence-corrected chi connectivity index (χ1v) is 5.67. The topological polar surface area (TPSA) is 67.6 Å². The highest BCUT2D eigenvalue weighted by atomic mass is 32.1. The lowest BCUT2D eigenvalue weighted by molar-refractivity contribution is 0.847. The summed E-state index contributed by atoms with van der Waals surface area (Å²) in [6, 6.07) is 0. The van der Waals surface area contributed by atoms with Crippen LogP contribution in [0.15, 0.2) is 6.20 Å². The number of rotatable bonds is 2. The quantitative estimate of drug-likeness (QED) is 0.820. The van der Waals surface area contributed by atoms with E-state index in [4.69, 9.17) is 5.73 Å². The van der Waals surface area contributed by atoms with Gasteiger partial charge in [-0.2, -0.15) is 5.10 Å². The molecule has 2 rings (SSSR count). The Bertz CT molecular complexity index is 469. The van der Waals surface area contributed by atoms with Crippen molar-refractivity contribution in [2.45, 2.75) is 26.7 Å². The van der Waals surface area contributed by atoms with Crippen LogP contribution in [-0.4, -0.2) is 15.2 Å². The van der Waals surface area contributed by atoms with Crippen molar-refractivity contribution >= 4 is 17.2 Å². The SMILES string of the molecule is Cc1nc(C(C)C)sc1-c1cn[nH]c1N. The third kappa shape index (κ3) is 1.74. The second-order valence-electron chi connectivity index (χ2n) is 3.82. The van der Waals surface area contributed by atoms with Gasteiger partial charge in [-0.15, -0.1) is 11.3 Å². The van der Waals surface area contributed by atoms with E-state index in [0.29, 0.717) is 11.7 Å². The van der Waals surface area contributed by atoms with E-state index in [2.05, 4.69) is 29.0 Å². The first-order valence-electron chi connectivity index (χ1n) is 4.86. The van der Waals surface area contributed by atoms with Crippen LogP contribution in [0.25, 0.3) is 10.4 Å². The minimum Gasteiger partial charge on any atom is -0.384 e. The Hall–Kier alpha value is -1.36. The number of H-pyrrole nitrogens is 1. The molecule has 2 aromatic rings. The lowest BCUT2D eigenvalue weighted by atomic mass is 10.2. The first-order chi connectivity index (χ1) is 7.09. The molecule has 5 heteroatoms. The number of nitrogens with one attached hydrogen (secondary N) is 1. The van der Waals surface area contributed by atoms with Crippen molar-refractivity contribution in [1.29, 1.82) is 0 Å². The molecule has 0 aromatic carbocycles. The molecule has 0 unspecified atom stereocenters. The van der Waals surface area contributed by atoms with Crippen molar-refractivity contribution < 1.29 is 0 Å². The number of anilines is 1. The highest BCUT2D eigenvalue weighted by Crippen LogP contribution is 2.34. The maximum atomic E-state index is 5.79. The predicted molar refractivity (Wildman–Crippen MR) is 62.9 cm³/mol. The molecule has 4 nitrogen and oxygen atoms in total. The van der Waals surface area contributed by atoms with E-state index < -0.39 is 0 Å². The zero-order chi connectivity index (χ0) is 11.0. The Morgan fingerprint density at radius 3 is 2.67 bits per heavy atom. The standard InChI is InChI=1S/C10H14N4S/c1-5(2)10-13-6(3)8(15-10)7-4-12-14-9(7)11/h4-5H,1-3H3,(H3,11,12,14). The highest BCUT2D eigenvalue weighted by Gasteiger charge is 2.14. The number of nitrogens with two attached hydrogens (primary N) is 1. The number of hydrogen-bond donors (Lipinski definition) is 2. The van der Waals surface area contributed by atoms with Crippen LogP contribution in [0.5, 0.6) is 0 Å². The molecule has 0 spiro atoms. The summed E-state index contributed by atoms with van der Waals surface area (Å²) >= 11 is 1.69. The van der Waals surface area contributed by atoms with E-state index >= 15 is 0 Å². The van der Waals surface area contributed by atoms with Gasteiger partial charge in [0, 0.05) is 5.92 Å². The third-order valence-electron chi connectivity index (χ3n) is 2.22. The molecule has 0 aliphatic carbocycles. The fraction of sp³-hybridized carbons (Fsp3) is 0.400. The minimum absolute atomic E-state index is 0.454. The van der Waals surface area contributed by atoms with Crippen molar-refractivity contribution in [3.63, 3.8) is 0 Å². The summed E-state index contributed by atoms with van der Waals surface area (Å²) in [5.74, 6) is 1.06. The van der Waals surface area contributed by atoms with E-state index in [0.717, 1.165) is 21.1 Å². The molecule has 0 aliphatic rings. The van der Waals surface area contributed by atoms with E-state index in [1.54, 1.807) is 17.5 Å². The smallest absolute Gasteiger partial charge is 0.127 e. The number of nitrogens with zero attached hydrogens (tertiary/aromatic N) is 2. The Labute approximate surface area is 92.5 Å². The van der Waals surface area contributed by atoms with Gasteiger partial charge in [0.15, 0.2) is 0 Å². The van der Waals surface area contributed by atoms with E-state index in [-0.39, 0.29) is 0 Å². The van der Waals surface area contributed by atoms with Crippen molar-refractivity contribution in [1.82, 2.24) is 15.2 Å². The van der Waals surface area contributed by atoms with Gasteiger partial charge in [-0.1, -0.05) is 13.8 Å².